The van der Waals surface area contributed by atoms with Gasteiger partial charge in [0.2, 0.25) is 47.3 Å². The quantitative estimate of drug-likeness (QED) is 0.113. The number of nitrogens with two attached hydrogens (primary N) is 2. The van der Waals surface area contributed by atoms with Crippen LogP contribution in [0.3, 0.4) is 0 Å². The number of primary amides is 2. The second-order valence-electron chi connectivity index (χ2n) is 18.1. The smallest absolute Gasteiger partial charge is 0.246 e. The van der Waals surface area contributed by atoms with Crippen molar-refractivity contribution < 1.29 is 38.4 Å². The molecule has 8 amide bonds. The first kappa shape index (κ1) is 49.9. The molecular formula is C48H57N11O8S3. The van der Waals surface area contributed by atoms with E-state index in [2.05, 4.69) is 36.9 Å². The third-order valence-corrected chi connectivity index (χ3v) is 16.4. The highest BCUT2D eigenvalue weighted by Gasteiger charge is 2.46. The highest BCUT2D eigenvalue weighted by molar-refractivity contribution is 7.23. The monoisotopic (exact) mass is 1010 g/mol. The molecule has 5 aromatic rings. The standard InChI is InChI=1S/C48H57N11O8S3/c49-40(60)23-33-46(65)55-43(27-9-2-1-3-10-27)48(67)58-24-29(59-25-34(56-57-59)37-15-16-39(70-37)38-14-8-20-68-38)22-35(58)47(66)54-32(21-28-26-69-36-13-5-4-11-30(28)36)45(64)53-31(44(50)63)12-6-7-19-51-41(61)17-18-42(62)52-33/h4-5,8,11,13-16,20,25-27,29,31-33,35,43H,1-3,6-7,9-10,12,17-19,21-24H2,(H2,49,60)(H2,50,63)(H,51,61)(H,52,62)(H,53,64)(H,54,66)(H,55,65)/t29-,31-,32-,33-,35-,43-/m0/s1. The molecule has 370 valence electrons. The number of benzene rings is 1. The fourth-order valence-corrected chi connectivity index (χ4v) is 12.3. The predicted octanol–water partition coefficient (Wildman–Crippen LogP) is 3.30. The number of nitrogens with one attached hydrogen (secondary N) is 5. The van der Waals surface area contributed by atoms with Gasteiger partial charge in [0.1, 0.15) is 35.9 Å². The third-order valence-electron chi connectivity index (χ3n) is 13.2. The number of fused-ring (bicyclic) bond motifs is 2. The Morgan fingerprint density at radius 2 is 1.50 bits per heavy atom. The first-order valence-corrected chi connectivity index (χ1v) is 26.2. The van der Waals surface area contributed by atoms with E-state index in [1.165, 1.54) is 16.2 Å². The van der Waals surface area contributed by atoms with Crippen LogP contribution >= 0.6 is 34.0 Å². The molecule has 6 atom stereocenters. The van der Waals surface area contributed by atoms with Crippen LogP contribution in [-0.2, 0) is 44.8 Å². The molecule has 1 saturated carbocycles. The Labute approximate surface area is 415 Å². The summed E-state index contributed by atoms with van der Waals surface area (Å²) in [6, 6.07) is 8.93. The number of rotatable bonds is 9. The van der Waals surface area contributed by atoms with Crippen LogP contribution in [0, 0.1) is 5.92 Å². The molecule has 2 saturated heterocycles. The highest BCUT2D eigenvalue weighted by Crippen LogP contribution is 2.37. The van der Waals surface area contributed by atoms with Gasteiger partial charge in [-0.25, -0.2) is 4.68 Å². The van der Waals surface area contributed by atoms with Crippen molar-refractivity contribution in [1.29, 1.82) is 0 Å². The number of carbonyl (C=O) groups excluding carboxylic acids is 8. The molecule has 1 aliphatic carbocycles. The predicted molar refractivity (Wildman–Crippen MR) is 265 cm³/mol. The Morgan fingerprint density at radius 3 is 2.27 bits per heavy atom. The van der Waals surface area contributed by atoms with Crippen molar-refractivity contribution in [2.75, 3.05) is 13.1 Å². The molecule has 0 radical (unpaired) electrons. The summed E-state index contributed by atoms with van der Waals surface area (Å²) in [6.45, 7) is 0.176. The van der Waals surface area contributed by atoms with Crippen LogP contribution in [0.2, 0.25) is 0 Å². The average molecular weight is 1010 g/mol. The largest absolute Gasteiger partial charge is 0.370 e. The zero-order valence-electron chi connectivity index (χ0n) is 38.4. The van der Waals surface area contributed by atoms with E-state index in [1.807, 2.05) is 59.3 Å². The van der Waals surface area contributed by atoms with Crippen molar-refractivity contribution in [3.63, 3.8) is 0 Å². The molecule has 0 bridgehead atoms. The number of carbonyl (C=O) groups is 8. The van der Waals surface area contributed by atoms with Crippen LogP contribution in [0.4, 0.5) is 0 Å². The minimum atomic E-state index is -1.46. The lowest BCUT2D eigenvalue weighted by atomic mass is 9.83. The van der Waals surface area contributed by atoms with Crippen molar-refractivity contribution in [1.82, 2.24) is 46.5 Å². The van der Waals surface area contributed by atoms with Crippen LogP contribution in [0.1, 0.15) is 88.7 Å². The van der Waals surface area contributed by atoms with Crippen LogP contribution in [-0.4, -0.2) is 110 Å². The summed E-state index contributed by atoms with van der Waals surface area (Å²) < 4.78 is 2.61. The van der Waals surface area contributed by atoms with E-state index in [9.17, 15) is 28.8 Å². The Balaban J connectivity index is 1.15. The number of hydrogen-bond acceptors (Lipinski definition) is 13. The lowest BCUT2D eigenvalue weighted by Crippen LogP contribution is -2.60. The van der Waals surface area contributed by atoms with Gasteiger partial charge in [0.05, 0.1) is 23.5 Å². The Bertz CT molecular complexity index is 2710. The SMILES string of the molecule is NC(=O)C[C@@H]1NC(=O)CCC(=O)NCCCC[C@@H](C(N)=O)NC(=O)[C@H](Cc2csc3ccccc23)NC(=O)[C@@H]2C[C@H](n3cc(-c4ccc(-c5cccs5)s4)nn3)CN2C(=O)[C@H](C2CCCCC2)NC1=O. The zero-order chi connectivity index (χ0) is 49.3. The van der Waals surface area contributed by atoms with Crippen molar-refractivity contribution in [3.8, 4) is 20.3 Å². The maximum Gasteiger partial charge on any atom is 0.246 e. The normalized spacial score (nSPS) is 24.3. The fraction of sp³-hybridized carbons (Fsp3) is 0.458. The van der Waals surface area contributed by atoms with Crippen molar-refractivity contribution in [2.45, 2.75) is 120 Å². The van der Waals surface area contributed by atoms with Gasteiger partial charge in [0.25, 0.3) is 0 Å². The van der Waals surface area contributed by atoms with Crippen molar-refractivity contribution >= 4 is 91.4 Å². The van der Waals surface area contributed by atoms with Gasteiger partial charge in [-0.1, -0.05) is 48.7 Å². The first-order chi connectivity index (χ1) is 33.8. The van der Waals surface area contributed by atoms with Crippen molar-refractivity contribution in [3.05, 3.63) is 71.1 Å². The fourth-order valence-electron chi connectivity index (χ4n) is 9.51. The van der Waals surface area contributed by atoms with Crippen molar-refractivity contribution in [2.24, 2.45) is 17.4 Å². The Hall–Kier alpha value is -6.52. The van der Waals surface area contributed by atoms with Gasteiger partial charge in [-0.2, -0.15) is 0 Å². The van der Waals surface area contributed by atoms with Gasteiger partial charge in [-0.3, -0.25) is 38.4 Å². The molecule has 4 aromatic heterocycles. The Morgan fingerprint density at radius 1 is 0.743 bits per heavy atom. The molecule has 8 rings (SSSR count). The lowest BCUT2D eigenvalue weighted by molar-refractivity contribution is -0.144. The van der Waals surface area contributed by atoms with E-state index in [-0.39, 0.29) is 51.1 Å². The molecule has 0 unspecified atom stereocenters. The van der Waals surface area contributed by atoms with Gasteiger partial charge < -0.3 is 43.0 Å². The second-order valence-corrected chi connectivity index (χ2v) is 21.1. The van der Waals surface area contributed by atoms with Gasteiger partial charge >= 0.3 is 0 Å². The summed E-state index contributed by atoms with van der Waals surface area (Å²) in [5.41, 5.74) is 12.8. The molecule has 3 fully saturated rings. The number of nitrogens with zero attached hydrogens (tertiary/aromatic N) is 4. The number of amides is 8. The molecule has 6 heterocycles. The second kappa shape index (κ2) is 22.9. The molecule has 9 N–H and O–H groups in total. The van der Waals surface area contributed by atoms with Gasteiger partial charge in [0.15, 0.2) is 0 Å². The van der Waals surface area contributed by atoms with E-state index in [4.69, 9.17) is 11.5 Å². The van der Waals surface area contributed by atoms with E-state index in [0.29, 0.717) is 31.4 Å². The molecule has 22 heteroatoms. The molecule has 1 aromatic carbocycles. The molecule has 2 aliphatic heterocycles. The average Bonchev–Trinajstić information content (AvgIpc) is 4.21. The summed E-state index contributed by atoms with van der Waals surface area (Å²) in [4.78, 5) is 115. The van der Waals surface area contributed by atoms with Gasteiger partial charge in [-0.05, 0) is 84.0 Å². The van der Waals surface area contributed by atoms with Crippen LogP contribution < -0.4 is 38.1 Å². The number of thiophene rings is 3. The molecule has 3 aliphatic rings. The van der Waals surface area contributed by atoms with E-state index in [0.717, 1.165) is 49.5 Å². The van der Waals surface area contributed by atoms with E-state index >= 15 is 9.59 Å². The maximum atomic E-state index is 15.3. The zero-order valence-corrected chi connectivity index (χ0v) is 40.9. The number of hydrogen-bond donors (Lipinski definition) is 7. The molecule has 0 spiro atoms. The minimum Gasteiger partial charge on any atom is -0.370 e. The lowest BCUT2D eigenvalue weighted by Gasteiger charge is -2.35. The number of aromatic nitrogens is 3. The highest BCUT2D eigenvalue weighted by atomic mass is 32.1. The Kier molecular flexibility index (Phi) is 16.3. The molecule has 70 heavy (non-hydrogen) atoms. The van der Waals surface area contributed by atoms with E-state index < -0.39 is 89.9 Å². The van der Waals surface area contributed by atoms with E-state index in [1.54, 1.807) is 33.6 Å². The summed E-state index contributed by atoms with van der Waals surface area (Å²) in [5, 5.41) is 27.7. The maximum absolute atomic E-state index is 15.3. The van der Waals surface area contributed by atoms with Crippen LogP contribution in [0.15, 0.2) is 65.5 Å². The minimum absolute atomic E-state index is 0.0248. The third kappa shape index (κ3) is 12.3. The van der Waals surface area contributed by atoms with Crippen LogP contribution in [0.5, 0.6) is 0 Å². The summed E-state index contributed by atoms with van der Waals surface area (Å²) in [5.74, 6) is -5.85. The summed E-state index contributed by atoms with van der Waals surface area (Å²) in [7, 11) is 0. The summed E-state index contributed by atoms with van der Waals surface area (Å²) in [6.07, 6.45) is 5.31. The van der Waals surface area contributed by atoms with Gasteiger partial charge in [-0.15, -0.1) is 39.1 Å². The van der Waals surface area contributed by atoms with Gasteiger partial charge in [0, 0.05) is 53.2 Å². The molecule has 19 nitrogen and oxygen atoms in total. The first-order valence-electron chi connectivity index (χ1n) is 23.7. The molecular weight excluding hydrogens is 955 g/mol. The topological polar surface area (TPSA) is 283 Å². The van der Waals surface area contributed by atoms with Crippen LogP contribution in [0.25, 0.3) is 30.4 Å². The summed E-state index contributed by atoms with van der Waals surface area (Å²) >= 11 is 4.67.